The highest BCUT2D eigenvalue weighted by atomic mass is 32.2. The van der Waals surface area contributed by atoms with E-state index in [-0.39, 0.29) is 12.5 Å². The van der Waals surface area contributed by atoms with Gasteiger partial charge in [0.05, 0.1) is 12.3 Å². The van der Waals surface area contributed by atoms with Gasteiger partial charge in [-0.3, -0.25) is 4.57 Å². The molecule has 0 bridgehead atoms. The van der Waals surface area contributed by atoms with Crippen LogP contribution in [-0.4, -0.2) is 21.3 Å². The topological polar surface area (TPSA) is 38.1 Å². The zero-order valence-electron chi connectivity index (χ0n) is 14.6. The zero-order chi connectivity index (χ0) is 18.7. The van der Waals surface area contributed by atoms with Gasteiger partial charge in [0.1, 0.15) is 22.5 Å². The van der Waals surface area contributed by atoms with Crippen LogP contribution in [0.25, 0.3) is 5.69 Å². The second-order valence-corrected chi connectivity index (χ2v) is 7.29. The molecule has 1 heterocycles. The third kappa shape index (κ3) is 3.97. The molecule has 1 N–H and O–H groups in total. The van der Waals surface area contributed by atoms with Gasteiger partial charge in [0.15, 0.2) is 0 Å². The smallest absolute Gasteiger partial charge is 0.127 e. The molecule has 0 spiro atoms. The van der Waals surface area contributed by atoms with Crippen molar-refractivity contribution in [2.45, 2.75) is 36.1 Å². The van der Waals surface area contributed by atoms with Gasteiger partial charge in [0, 0.05) is 23.1 Å². The summed E-state index contributed by atoms with van der Waals surface area (Å²) in [6, 6.07) is 13.1. The van der Waals surface area contributed by atoms with Gasteiger partial charge in [0.25, 0.3) is 0 Å². The largest absolute Gasteiger partial charge is 0.396 e. The summed E-state index contributed by atoms with van der Waals surface area (Å²) in [5, 5.41) is 10.2. The van der Waals surface area contributed by atoms with Crippen LogP contribution in [0.1, 0.15) is 31.3 Å². The molecule has 3 aromatic rings. The van der Waals surface area contributed by atoms with Gasteiger partial charge < -0.3 is 5.11 Å². The van der Waals surface area contributed by atoms with Crippen molar-refractivity contribution in [2.24, 2.45) is 0 Å². The lowest BCUT2D eigenvalue weighted by Crippen LogP contribution is -2.04. The Morgan fingerprint density at radius 3 is 2.31 bits per heavy atom. The first-order valence-electron chi connectivity index (χ1n) is 8.41. The van der Waals surface area contributed by atoms with E-state index in [1.165, 1.54) is 23.9 Å². The average Bonchev–Trinajstić information content (AvgIpc) is 2.93. The van der Waals surface area contributed by atoms with Gasteiger partial charge in [0.2, 0.25) is 0 Å². The molecule has 26 heavy (non-hydrogen) atoms. The van der Waals surface area contributed by atoms with Gasteiger partial charge in [-0.25, -0.2) is 13.8 Å². The van der Waals surface area contributed by atoms with Crippen LogP contribution in [0.15, 0.2) is 58.5 Å². The fourth-order valence-electron chi connectivity index (χ4n) is 2.75. The fraction of sp³-hybridized carbons (Fsp3) is 0.250. The van der Waals surface area contributed by atoms with Crippen LogP contribution in [0.3, 0.4) is 0 Å². The molecule has 0 radical (unpaired) electrons. The summed E-state index contributed by atoms with van der Waals surface area (Å²) in [6.45, 7) is 4.02. The Morgan fingerprint density at radius 2 is 1.73 bits per heavy atom. The number of aliphatic hydroxyl groups excluding tert-OH is 1. The molecule has 6 heteroatoms. The number of hydrogen-bond donors (Lipinski definition) is 1. The van der Waals surface area contributed by atoms with Crippen molar-refractivity contribution in [1.82, 2.24) is 9.55 Å². The highest BCUT2D eigenvalue weighted by molar-refractivity contribution is 7.99. The minimum atomic E-state index is -0.611. The molecule has 0 fully saturated rings. The van der Waals surface area contributed by atoms with E-state index in [4.69, 9.17) is 4.98 Å². The van der Waals surface area contributed by atoms with Crippen LogP contribution < -0.4 is 0 Å². The van der Waals surface area contributed by atoms with Crippen molar-refractivity contribution >= 4 is 11.8 Å². The SMILES string of the molecule is CC(C)c1nc(CCO)n(-c2ccccc2)c1Sc1cc(F)cc(F)c1. The van der Waals surface area contributed by atoms with Crippen molar-refractivity contribution in [1.29, 1.82) is 0 Å². The van der Waals surface area contributed by atoms with E-state index in [9.17, 15) is 13.9 Å². The van der Waals surface area contributed by atoms with Crippen molar-refractivity contribution < 1.29 is 13.9 Å². The number of rotatable bonds is 6. The molecule has 136 valence electrons. The Kier molecular flexibility index (Phi) is 5.74. The van der Waals surface area contributed by atoms with E-state index in [0.29, 0.717) is 11.3 Å². The van der Waals surface area contributed by atoms with Gasteiger partial charge in [-0.2, -0.15) is 0 Å². The first-order valence-corrected chi connectivity index (χ1v) is 9.23. The summed E-state index contributed by atoms with van der Waals surface area (Å²) in [5.41, 5.74) is 1.74. The van der Waals surface area contributed by atoms with E-state index in [2.05, 4.69) is 0 Å². The van der Waals surface area contributed by atoms with Crippen molar-refractivity contribution in [3.8, 4) is 5.69 Å². The Balaban J connectivity index is 2.17. The molecule has 0 aliphatic rings. The van der Waals surface area contributed by atoms with Crippen molar-refractivity contribution in [3.05, 3.63) is 71.7 Å². The minimum absolute atomic E-state index is 0.0277. The Hall–Kier alpha value is -2.18. The second kappa shape index (κ2) is 8.01. The van der Waals surface area contributed by atoms with Crippen LogP contribution in [-0.2, 0) is 6.42 Å². The van der Waals surface area contributed by atoms with Crippen LogP contribution >= 0.6 is 11.8 Å². The lowest BCUT2D eigenvalue weighted by atomic mass is 10.1. The molecular weight excluding hydrogens is 354 g/mol. The minimum Gasteiger partial charge on any atom is -0.396 e. The van der Waals surface area contributed by atoms with E-state index in [1.54, 1.807) is 0 Å². The average molecular weight is 374 g/mol. The van der Waals surface area contributed by atoms with E-state index in [1.807, 2.05) is 48.7 Å². The van der Waals surface area contributed by atoms with Crippen LogP contribution in [0.2, 0.25) is 0 Å². The fourth-order valence-corrected chi connectivity index (χ4v) is 4.01. The predicted molar refractivity (Wildman–Crippen MR) is 98.9 cm³/mol. The third-order valence-electron chi connectivity index (χ3n) is 3.88. The summed E-state index contributed by atoms with van der Waals surface area (Å²) in [5.74, 6) is -0.375. The second-order valence-electron chi connectivity index (χ2n) is 6.22. The zero-order valence-corrected chi connectivity index (χ0v) is 15.4. The van der Waals surface area contributed by atoms with E-state index in [0.717, 1.165) is 28.3 Å². The summed E-state index contributed by atoms with van der Waals surface area (Å²) >= 11 is 1.28. The quantitative estimate of drug-likeness (QED) is 0.663. The standard InChI is InChI=1S/C20H20F2N2OS/c1-13(2)19-20(26-17-11-14(21)10-15(22)12-17)24(18(23-19)8-9-25)16-6-4-3-5-7-16/h3-7,10-13,25H,8-9H2,1-2H3. The lowest BCUT2D eigenvalue weighted by Gasteiger charge is -2.13. The predicted octanol–water partition coefficient (Wildman–Crippen LogP) is 4.96. The number of hydrogen-bond acceptors (Lipinski definition) is 3. The van der Waals surface area contributed by atoms with E-state index < -0.39 is 11.6 Å². The third-order valence-corrected chi connectivity index (χ3v) is 4.93. The van der Waals surface area contributed by atoms with Gasteiger partial charge in [-0.05, 0) is 30.2 Å². The molecule has 3 nitrogen and oxygen atoms in total. The molecule has 0 aliphatic heterocycles. The Labute approximate surface area is 155 Å². The van der Waals surface area contributed by atoms with Gasteiger partial charge in [-0.1, -0.05) is 43.8 Å². The maximum Gasteiger partial charge on any atom is 0.127 e. The number of para-hydroxylation sites is 1. The lowest BCUT2D eigenvalue weighted by molar-refractivity contribution is 0.295. The number of halogens is 2. The highest BCUT2D eigenvalue weighted by Crippen LogP contribution is 2.37. The highest BCUT2D eigenvalue weighted by Gasteiger charge is 2.21. The summed E-state index contributed by atoms with van der Waals surface area (Å²) < 4.78 is 29.2. The first kappa shape index (κ1) is 18.6. The number of aromatic nitrogens is 2. The van der Waals surface area contributed by atoms with Crippen molar-refractivity contribution in [2.75, 3.05) is 6.61 Å². The molecule has 2 aromatic carbocycles. The molecule has 0 aliphatic carbocycles. The van der Waals surface area contributed by atoms with Crippen LogP contribution in [0, 0.1) is 11.6 Å². The molecular formula is C20H20F2N2OS. The Bertz CT molecular complexity index is 874. The maximum atomic E-state index is 13.6. The number of benzene rings is 2. The molecule has 3 rings (SSSR count). The number of aliphatic hydroxyl groups is 1. The Morgan fingerprint density at radius 1 is 1.08 bits per heavy atom. The normalized spacial score (nSPS) is 11.3. The number of nitrogens with zero attached hydrogens (tertiary/aromatic N) is 2. The molecule has 1 aromatic heterocycles. The first-order chi connectivity index (χ1) is 12.5. The van der Waals surface area contributed by atoms with Gasteiger partial charge >= 0.3 is 0 Å². The molecule has 0 atom stereocenters. The van der Waals surface area contributed by atoms with Crippen molar-refractivity contribution in [3.63, 3.8) is 0 Å². The maximum absolute atomic E-state index is 13.6. The summed E-state index contributed by atoms with van der Waals surface area (Å²) in [7, 11) is 0. The monoisotopic (exact) mass is 374 g/mol. The summed E-state index contributed by atoms with van der Waals surface area (Å²) in [4.78, 5) is 5.18. The van der Waals surface area contributed by atoms with Crippen LogP contribution in [0.5, 0.6) is 0 Å². The molecule has 0 amide bonds. The molecule has 0 saturated heterocycles. The molecule has 0 unspecified atom stereocenters. The van der Waals surface area contributed by atoms with E-state index >= 15 is 0 Å². The van der Waals surface area contributed by atoms with Gasteiger partial charge in [-0.15, -0.1) is 0 Å². The number of imidazole rings is 1. The molecule has 0 saturated carbocycles. The van der Waals surface area contributed by atoms with Crippen LogP contribution in [0.4, 0.5) is 8.78 Å². The summed E-state index contributed by atoms with van der Waals surface area (Å²) in [6.07, 6.45) is 0.396.